The molecule has 0 radical (unpaired) electrons. The Bertz CT molecular complexity index is 1920. The Morgan fingerprint density at radius 1 is 0.676 bits per heavy atom. The number of hydrogen-bond donors (Lipinski definition) is 1. The van der Waals surface area contributed by atoms with Gasteiger partial charge in [-0.05, 0) is 16.3 Å². The second kappa shape index (κ2) is 7.00. The van der Waals surface area contributed by atoms with E-state index >= 15 is 0 Å². The van der Waals surface area contributed by atoms with E-state index in [1.54, 1.807) is 54.7 Å². The molecular formula is C28H14F3N3. The van der Waals surface area contributed by atoms with Gasteiger partial charge in [-0.25, -0.2) is 0 Å². The van der Waals surface area contributed by atoms with E-state index in [0.717, 1.165) is 0 Å². The van der Waals surface area contributed by atoms with Gasteiger partial charge >= 0.3 is 6.18 Å². The van der Waals surface area contributed by atoms with Crippen LogP contribution in [0.4, 0.5) is 13.2 Å². The molecule has 6 rings (SSSR count). The van der Waals surface area contributed by atoms with Crippen LogP contribution in [0.25, 0.3) is 54.2 Å². The zero-order valence-electron chi connectivity index (χ0n) is 17.5. The van der Waals surface area contributed by atoms with Gasteiger partial charge in [0.15, 0.2) is 0 Å². The summed E-state index contributed by atoms with van der Waals surface area (Å²) in [6.45, 7) is 0. The van der Waals surface area contributed by atoms with Crippen LogP contribution in [-0.2, 0) is 6.18 Å². The molecule has 162 valence electrons. The normalized spacial score (nSPS) is 12.8. The number of nitrogens with one attached hydrogen (secondary N) is 1. The van der Waals surface area contributed by atoms with Crippen molar-refractivity contribution in [2.75, 3.05) is 0 Å². The minimum atomic E-state index is -4.74. The van der Waals surface area contributed by atoms with Gasteiger partial charge in [0.2, 0.25) is 6.19 Å². The second-order valence-electron chi connectivity index (χ2n) is 8.14. The van der Waals surface area contributed by atoms with E-state index < -0.39 is 11.7 Å². The summed E-state index contributed by atoms with van der Waals surface area (Å²) in [6.07, 6.45) is -3.03. The summed E-state index contributed by atoms with van der Waals surface area (Å²) in [5.74, 6) is 0. The summed E-state index contributed by atoms with van der Waals surface area (Å²) in [5, 5.41) is 20.8. The number of benzene rings is 4. The van der Waals surface area contributed by atoms with Crippen molar-refractivity contribution in [1.82, 2.24) is 0 Å². The highest BCUT2D eigenvalue weighted by molar-refractivity contribution is 6.30. The van der Waals surface area contributed by atoms with Crippen molar-refractivity contribution in [3.8, 4) is 17.3 Å². The van der Waals surface area contributed by atoms with Crippen LogP contribution in [-0.4, -0.2) is 0 Å². The molecule has 0 atom stereocenters. The predicted octanol–water partition coefficient (Wildman–Crippen LogP) is 6.72. The fraction of sp³-hybridized carbons (Fsp3) is 0.0357. The van der Waals surface area contributed by atoms with E-state index in [-0.39, 0.29) is 26.9 Å². The maximum atomic E-state index is 14.9. The van der Waals surface area contributed by atoms with E-state index in [9.17, 15) is 18.4 Å². The fourth-order valence-electron chi connectivity index (χ4n) is 5.21. The van der Waals surface area contributed by atoms with Crippen LogP contribution < -0.4 is 10.7 Å². The minimum Gasteiger partial charge on any atom is -0.300 e. The SMILES string of the molecule is N#CN=c1c2ccccc2c2c(-c3ccccc3)c3c(=N)c4ccccc4c3c(C(F)(F)F)c12. The Hall–Kier alpha value is -4.50. The quantitative estimate of drug-likeness (QED) is 0.278. The Morgan fingerprint density at radius 2 is 1.24 bits per heavy atom. The lowest BCUT2D eigenvalue weighted by Crippen LogP contribution is -2.12. The molecule has 0 aliphatic rings. The number of halogens is 3. The maximum Gasteiger partial charge on any atom is 0.417 e. The molecule has 0 saturated heterocycles. The van der Waals surface area contributed by atoms with Gasteiger partial charge in [0, 0.05) is 37.9 Å². The number of fused-ring (bicyclic) bond motifs is 6. The van der Waals surface area contributed by atoms with Gasteiger partial charge in [-0.1, -0.05) is 78.9 Å². The summed E-state index contributed by atoms with van der Waals surface area (Å²) in [5.41, 5.74) is 0.404. The summed E-state index contributed by atoms with van der Waals surface area (Å²) < 4.78 is 44.6. The molecule has 0 aliphatic heterocycles. The van der Waals surface area contributed by atoms with Crippen LogP contribution in [0.3, 0.4) is 0 Å². The van der Waals surface area contributed by atoms with Crippen LogP contribution in [0, 0.1) is 16.9 Å². The highest BCUT2D eigenvalue weighted by atomic mass is 19.4. The monoisotopic (exact) mass is 449 g/mol. The van der Waals surface area contributed by atoms with Crippen molar-refractivity contribution in [3.05, 3.63) is 95.1 Å². The van der Waals surface area contributed by atoms with Gasteiger partial charge in [-0.15, -0.1) is 0 Å². The molecule has 6 heteroatoms. The highest BCUT2D eigenvalue weighted by Gasteiger charge is 2.39. The molecule has 0 fully saturated rings. The Balaban J connectivity index is 2.12. The zero-order valence-corrected chi connectivity index (χ0v) is 17.5. The van der Waals surface area contributed by atoms with E-state index in [1.165, 1.54) is 0 Å². The maximum absolute atomic E-state index is 14.9. The van der Waals surface area contributed by atoms with Gasteiger partial charge in [0.25, 0.3) is 0 Å². The Kier molecular flexibility index (Phi) is 4.14. The first-order valence-electron chi connectivity index (χ1n) is 10.6. The molecule has 3 nitrogen and oxygen atoms in total. The van der Waals surface area contributed by atoms with Crippen molar-refractivity contribution >= 4 is 43.1 Å². The molecule has 0 spiro atoms. The summed E-state index contributed by atoms with van der Waals surface area (Å²) >= 11 is 0. The van der Waals surface area contributed by atoms with Crippen molar-refractivity contribution in [1.29, 1.82) is 10.7 Å². The van der Waals surface area contributed by atoms with Crippen molar-refractivity contribution in [2.24, 2.45) is 4.99 Å². The molecule has 6 aromatic carbocycles. The van der Waals surface area contributed by atoms with Crippen LogP contribution in [0.15, 0.2) is 83.9 Å². The van der Waals surface area contributed by atoms with Gasteiger partial charge in [-0.2, -0.15) is 23.4 Å². The molecule has 0 bridgehead atoms. The first-order valence-corrected chi connectivity index (χ1v) is 10.6. The third kappa shape index (κ3) is 2.58. The molecule has 6 aromatic rings. The Morgan fingerprint density at radius 3 is 1.85 bits per heavy atom. The van der Waals surface area contributed by atoms with E-state index in [2.05, 4.69) is 4.99 Å². The summed E-state index contributed by atoms with van der Waals surface area (Å²) in [7, 11) is 0. The van der Waals surface area contributed by atoms with Crippen molar-refractivity contribution < 1.29 is 13.2 Å². The number of alkyl halides is 3. The lowest BCUT2D eigenvalue weighted by molar-refractivity contribution is -0.135. The molecule has 0 aliphatic carbocycles. The summed E-state index contributed by atoms with van der Waals surface area (Å²) in [6, 6.07) is 22.8. The molecule has 0 aromatic heterocycles. The predicted molar refractivity (Wildman–Crippen MR) is 126 cm³/mol. The molecule has 0 amide bonds. The van der Waals surface area contributed by atoms with Gasteiger partial charge in [0.1, 0.15) is 0 Å². The minimum absolute atomic E-state index is 0.0105. The number of nitriles is 1. The van der Waals surface area contributed by atoms with Crippen LogP contribution in [0.5, 0.6) is 0 Å². The molecule has 34 heavy (non-hydrogen) atoms. The second-order valence-corrected chi connectivity index (χ2v) is 8.14. The molecule has 0 heterocycles. The van der Waals surface area contributed by atoms with E-state index in [0.29, 0.717) is 38.1 Å². The number of rotatable bonds is 1. The van der Waals surface area contributed by atoms with Gasteiger partial charge in [-0.3, -0.25) is 5.41 Å². The van der Waals surface area contributed by atoms with Crippen molar-refractivity contribution in [3.63, 3.8) is 0 Å². The zero-order chi connectivity index (χ0) is 23.6. The van der Waals surface area contributed by atoms with Crippen LogP contribution >= 0.6 is 0 Å². The smallest absolute Gasteiger partial charge is 0.300 e. The van der Waals surface area contributed by atoms with Crippen molar-refractivity contribution in [2.45, 2.75) is 6.18 Å². The topological polar surface area (TPSA) is 60.0 Å². The van der Waals surface area contributed by atoms with Gasteiger partial charge < -0.3 is 0 Å². The third-order valence-corrected chi connectivity index (χ3v) is 6.41. The first-order chi connectivity index (χ1) is 16.4. The van der Waals surface area contributed by atoms with E-state index in [4.69, 9.17) is 5.41 Å². The van der Waals surface area contributed by atoms with Gasteiger partial charge in [0.05, 0.1) is 16.3 Å². The average Bonchev–Trinajstić information content (AvgIpc) is 3.31. The van der Waals surface area contributed by atoms with Crippen LogP contribution in [0.1, 0.15) is 5.56 Å². The molecule has 0 unspecified atom stereocenters. The molecular weight excluding hydrogens is 435 g/mol. The lowest BCUT2D eigenvalue weighted by atomic mass is 9.90. The first kappa shape index (κ1) is 20.1. The Labute approximate surface area is 190 Å². The largest absolute Gasteiger partial charge is 0.417 e. The standard InChI is InChI=1S/C28H14F3N3/c29-28(30,31)25-22-16-10-4-6-12-18(16)26(33)23(22)20(15-8-2-1-3-9-15)21-17-11-5-7-13-19(17)27(24(21)25)34-14-32/h1-13,33H. The number of hydrogen-bond acceptors (Lipinski definition) is 3. The third-order valence-electron chi connectivity index (χ3n) is 6.41. The molecule has 0 saturated carbocycles. The van der Waals surface area contributed by atoms with Crippen LogP contribution in [0.2, 0.25) is 0 Å². The lowest BCUT2D eigenvalue weighted by Gasteiger charge is -2.16. The average molecular weight is 449 g/mol. The van der Waals surface area contributed by atoms with E-state index in [1.807, 2.05) is 30.3 Å². The summed E-state index contributed by atoms with van der Waals surface area (Å²) in [4.78, 5) is 3.88. The molecule has 1 N–H and O–H groups in total. The number of nitrogens with zero attached hydrogens (tertiary/aromatic N) is 2. The fourth-order valence-corrected chi connectivity index (χ4v) is 5.21. The highest BCUT2D eigenvalue weighted by Crippen LogP contribution is 2.48.